The van der Waals surface area contributed by atoms with Gasteiger partial charge in [-0.25, -0.2) is 9.59 Å². The Morgan fingerprint density at radius 3 is 2.33 bits per heavy atom. The van der Waals surface area contributed by atoms with E-state index in [1.165, 1.54) is 19.1 Å². The number of benzene rings is 2. The molecule has 1 unspecified atom stereocenters. The van der Waals surface area contributed by atoms with E-state index in [0.717, 1.165) is 5.56 Å². The minimum absolute atomic E-state index is 0.208. The second-order valence-electron chi connectivity index (χ2n) is 5.83. The topological polar surface area (TPSA) is 93.7 Å². The van der Waals surface area contributed by atoms with Crippen molar-refractivity contribution in [1.82, 2.24) is 0 Å². The van der Waals surface area contributed by atoms with Gasteiger partial charge in [0.25, 0.3) is 5.91 Å². The number of esters is 1. The SMILES string of the molecule is CCOC(=O)Nc1cccc(C(=O)OC(C)C(=O)Nc2cccc(C)c2)c1. The number of carbonyl (C=O) groups excluding carboxylic acids is 3. The van der Waals surface area contributed by atoms with E-state index in [2.05, 4.69) is 10.6 Å². The maximum atomic E-state index is 12.3. The summed E-state index contributed by atoms with van der Waals surface area (Å²) in [6.07, 6.45) is -1.60. The standard InChI is InChI=1S/C20H22N2O5/c1-4-26-20(25)22-17-10-6-8-15(12-17)19(24)27-14(3)18(23)21-16-9-5-7-13(2)11-16/h5-12,14H,4H2,1-3H3,(H,21,23)(H,22,25). The number of hydrogen-bond acceptors (Lipinski definition) is 5. The third kappa shape index (κ3) is 6.14. The smallest absolute Gasteiger partial charge is 0.411 e. The summed E-state index contributed by atoms with van der Waals surface area (Å²) >= 11 is 0. The normalized spacial score (nSPS) is 11.2. The van der Waals surface area contributed by atoms with E-state index in [1.807, 2.05) is 25.1 Å². The zero-order valence-electron chi connectivity index (χ0n) is 15.4. The lowest BCUT2D eigenvalue weighted by atomic mass is 10.2. The molecule has 2 aromatic rings. The first-order chi connectivity index (χ1) is 12.9. The molecule has 0 fully saturated rings. The molecular formula is C20H22N2O5. The van der Waals surface area contributed by atoms with E-state index in [1.54, 1.807) is 25.1 Å². The van der Waals surface area contributed by atoms with Gasteiger partial charge in [-0.3, -0.25) is 10.1 Å². The first kappa shape index (κ1) is 20.0. The molecule has 7 heteroatoms. The van der Waals surface area contributed by atoms with Crippen molar-refractivity contribution in [2.75, 3.05) is 17.2 Å². The van der Waals surface area contributed by atoms with Gasteiger partial charge in [-0.05, 0) is 56.7 Å². The van der Waals surface area contributed by atoms with Crippen LogP contribution in [0.15, 0.2) is 48.5 Å². The molecule has 7 nitrogen and oxygen atoms in total. The van der Waals surface area contributed by atoms with Gasteiger partial charge in [0.05, 0.1) is 12.2 Å². The van der Waals surface area contributed by atoms with E-state index in [9.17, 15) is 14.4 Å². The molecule has 0 aliphatic rings. The highest BCUT2D eigenvalue weighted by atomic mass is 16.6. The van der Waals surface area contributed by atoms with Gasteiger partial charge in [-0.15, -0.1) is 0 Å². The highest BCUT2D eigenvalue weighted by molar-refractivity contribution is 5.98. The Bertz CT molecular complexity index is 835. The van der Waals surface area contributed by atoms with Gasteiger partial charge in [-0.2, -0.15) is 0 Å². The molecule has 0 aliphatic heterocycles. The van der Waals surface area contributed by atoms with Crippen LogP contribution in [0.25, 0.3) is 0 Å². The van der Waals surface area contributed by atoms with Crippen LogP contribution in [0.5, 0.6) is 0 Å². The number of carbonyl (C=O) groups is 3. The van der Waals surface area contributed by atoms with Crippen molar-refractivity contribution in [3.05, 3.63) is 59.7 Å². The molecule has 0 heterocycles. The fourth-order valence-electron chi connectivity index (χ4n) is 2.26. The second-order valence-corrected chi connectivity index (χ2v) is 5.83. The van der Waals surface area contributed by atoms with Gasteiger partial charge in [0.15, 0.2) is 6.10 Å². The molecule has 2 aromatic carbocycles. The molecule has 0 aromatic heterocycles. The second kappa shape index (κ2) is 9.38. The molecule has 0 saturated heterocycles. The monoisotopic (exact) mass is 370 g/mol. The Hall–Kier alpha value is -3.35. The van der Waals surface area contributed by atoms with Crippen molar-refractivity contribution in [1.29, 1.82) is 0 Å². The predicted molar refractivity (Wildman–Crippen MR) is 102 cm³/mol. The maximum absolute atomic E-state index is 12.3. The van der Waals surface area contributed by atoms with Crippen LogP contribution in [0.2, 0.25) is 0 Å². The van der Waals surface area contributed by atoms with Gasteiger partial charge >= 0.3 is 12.1 Å². The lowest BCUT2D eigenvalue weighted by Crippen LogP contribution is -2.30. The van der Waals surface area contributed by atoms with Crippen molar-refractivity contribution in [2.45, 2.75) is 26.9 Å². The van der Waals surface area contributed by atoms with Crippen LogP contribution >= 0.6 is 0 Å². The Morgan fingerprint density at radius 1 is 1.00 bits per heavy atom. The zero-order chi connectivity index (χ0) is 19.8. The fraction of sp³-hybridized carbons (Fsp3) is 0.250. The Labute approximate surface area is 157 Å². The Balaban J connectivity index is 1.97. The first-order valence-electron chi connectivity index (χ1n) is 8.51. The summed E-state index contributed by atoms with van der Waals surface area (Å²) in [5, 5.41) is 5.21. The average molecular weight is 370 g/mol. The number of nitrogens with one attached hydrogen (secondary N) is 2. The molecule has 1 atom stereocenters. The quantitative estimate of drug-likeness (QED) is 0.756. The molecule has 142 valence electrons. The molecule has 0 bridgehead atoms. The number of anilines is 2. The van der Waals surface area contributed by atoms with Crippen LogP contribution in [0, 0.1) is 6.92 Å². The van der Waals surface area contributed by atoms with E-state index in [4.69, 9.17) is 9.47 Å². The number of aryl methyl sites for hydroxylation is 1. The average Bonchev–Trinajstić information content (AvgIpc) is 2.62. The first-order valence-corrected chi connectivity index (χ1v) is 8.51. The Morgan fingerprint density at radius 2 is 1.67 bits per heavy atom. The number of rotatable bonds is 6. The summed E-state index contributed by atoms with van der Waals surface area (Å²) in [4.78, 5) is 36.0. The van der Waals surface area contributed by atoms with Gasteiger partial charge in [0.1, 0.15) is 0 Å². The zero-order valence-corrected chi connectivity index (χ0v) is 15.4. The van der Waals surface area contributed by atoms with Crippen molar-refractivity contribution in [3.8, 4) is 0 Å². The van der Waals surface area contributed by atoms with Gasteiger partial charge in [0.2, 0.25) is 0 Å². The summed E-state index contributed by atoms with van der Waals surface area (Å²) in [5.74, 6) is -1.11. The van der Waals surface area contributed by atoms with Crippen LogP contribution in [0.3, 0.4) is 0 Å². The summed E-state index contributed by atoms with van der Waals surface area (Å²) < 4.78 is 10.0. The lowest BCUT2D eigenvalue weighted by Gasteiger charge is -2.14. The van der Waals surface area contributed by atoms with E-state index in [-0.39, 0.29) is 12.2 Å². The highest BCUT2D eigenvalue weighted by Crippen LogP contribution is 2.14. The lowest BCUT2D eigenvalue weighted by molar-refractivity contribution is -0.123. The van der Waals surface area contributed by atoms with Crippen molar-refractivity contribution in [3.63, 3.8) is 0 Å². The van der Waals surface area contributed by atoms with Crippen molar-refractivity contribution in [2.24, 2.45) is 0 Å². The number of ether oxygens (including phenoxy) is 2. The molecule has 0 spiro atoms. The summed E-state index contributed by atoms with van der Waals surface area (Å²) in [7, 11) is 0. The minimum atomic E-state index is -0.986. The molecule has 0 saturated carbocycles. The van der Waals surface area contributed by atoms with Crippen molar-refractivity contribution < 1.29 is 23.9 Å². The summed E-state index contributed by atoms with van der Waals surface area (Å²) in [6.45, 7) is 5.33. The third-order valence-electron chi connectivity index (χ3n) is 3.56. The highest BCUT2D eigenvalue weighted by Gasteiger charge is 2.19. The maximum Gasteiger partial charge on any atom is 0.411 e. The number of amides is 2. The molecule has 0 radical (unpaired) electrons. The van der Waals surface area contributed by atoms with E-state index < -0.39 is 24.1 Å². The minimum Gasteiger partial charge on any atom is -0.450 e. The molecule has 2 rings (SSSR count). The van der Waals surface area contributed by atoms with Crippen LogP contribution in [-0.2, 0) is 14.3 Å². The van der Waals surface area contributed by atoms with Crippen LogP contribution in [-0.4, -0.2) is 30.7 Å². The number of hydrogen-bond donors (Lipinski definition) is 2. The fourth-order valence-corrected chi connectivity index (χ4v) is 2.26. The molecular weight excluding hydrogens is 348 g/mol. The molecule has 27 heavy (non-hydrogen) atoms. The molecule has 2 N–H and O–H groups in total. The van der Waals surface area contributed by atoms with E-state index >= 15 is 0 Å². The summed E-state index contributed by atoms with van der Waals surface area (Å²) in [6, 6.07) is 13.5. The van der Waals surface area contributed by atoms with Gasteiger partial charge < -0.3 is 14.8 Å². The molecule has 0 aliphatic carbocycles. The summed E-state index contributed by atoms with van der Waals surface area (Å²) in [5.41, 5.74) is 2.23. The van der Waals surface area contributed by atoms with Crippen LogP contribution < -0.4 is 10.6 Å². The van der Waals surface area contributed by atoms with Gasteiger partial charge in [0, 0.05) is 11.4 Å². The van der Waals surface area contributed by atoms with Crippen LogP contribution in [0.4, 0.5) is 16.2 Å². The van der Waals surface area contributed by atoms with Crippen molar-refractivity contribution >= 4 is 29.3 Å². The molecule has 2 amide bonds. The van der Waals surface area contributed by atoms with Crippen LogP contribution in [0.1, 0.15) is 29.8 Å². The third-order valence-corrected chi connectivity index (χ3v) is 3.56. The largest absolute Gasteiger partial charge is 0.450 e. The Kier molecular flexibility index (Phi) is 6.93. The predicted octanol–water partition coefficient (Wildman–Crippen LogP) is 3.75. The van der Waals surface area contributed by atoms with Gasteiger partial charge in [-0.1, -0.05) is 18.2 Å². The van der Waals surface area contributed by atoms with E-state index in [0.29, 0.717) is 11.4 Å².